The maximum Gasteiger partial charge on any atom is 2.00 e. The molecule has 0 unspecified atom stereocenters. The second kappa shape index (κ2) is 15.8. The van der Waals surface area contributed by atoms with Crippen LogP contribution < -0.4 is 17.7 Å². The molecule has 0 fully saturated rings. The van der Waals surface area contributed by atoms with E-state index in [0.29, 0.717) is 0 Å². The third-order valence-corrected chi connectivity index (χ3v) is 0.577. The van der Waals surface area contributed by atoms with Gasteiger partial charge in [0.05, 0.1) is 0 Å². The zero-order chi connectivity index (χ0) is 5.54. The normalized spacial score (nSPS) is 6.22. The molecule has 0 rings (SSSR count). The number of hydrogen-bond acceptors (Lipinski definition) is 1. The van der Waals surface area contributed by atoms with Crippen molar-refractivity contribution in [1.82, 2.24) is 5.32 Å². The van der Waals surface area contributed by atoms with Crippen LogP contribution in [-0.4, -0.2) is 36.1 Å². The number of halogens is 1. The van der Waals surface area contributed by atoms with Gasteiger partial charge in [0, 0.05) is 13.1 Å². The maximum atomic E-state index is 3.54. The summed E-state index contributed by atoms with van der Waals surface area (Å²) in [6, 6.07) is 0. The van der Waals surface area contributed by atoms with Crippen LogP contribution in [0.1, 0.15) is 0 Å². The monoisotopic (exact) mass is 156 g/mol. The minimum absolute atomic E-state index is 0. The molecule has 0 amide bonds. The summed E-state index contributed by atoms with van der Waals surface area (Å²) < 4.78 is 0. The van der Waals surface area contributed by atoms with Gasteiger partial charge in [-0.05, 0) is 0 Å². The Labute approximate surface area is 79.2 Å². The van der Waals surface area contributed by atoms with Crippen LogP contribution in [0.2, 0.25) is 0 Å². The summed E-state index contributed by atoms with van der Waals surface area (Å²) in [5.74, 6) is 0. The van der Waals surface area contributed by atoms with E-state index in [1.807, 2.05) is 12.2 Å². The van der Waals surface area contributed by atoms with Crippen LogP contribution in [-0.2, 0) is 0 Å². The Bertz CT molecular complexity index is 58.1. The zero-order valence-electron chi connectivity index (χ0n) is 5.57. The van der Waals surface area contributed by atoms with Gasteiger partial charge in [-0.25, -0.2) is 0 Å². The van der Waals surface area contributed by atoms with Crippen LogP contribution in [0.4, 0.5) is 0 Å². The van der Waals surface area contributed by atoms with Crippen molar-refractivity contribution < 1.29 is 12.4 Å². The Kier molecular flexibility index (Phi) is 28.5. The average Bonchev–Trinajstić information content (AvgIpc) is 1.69. The summed E-state index contributed by atoms with van der Waals surface area (Å²) in [6.45, 7) is 8.81. The number of nitrogens with one attached hydrogen (secondary N) is 1. The van der Waals surface area contributed by atoms with Gasteiger partial charge < -0.3 is 17.7 Å². The number of rotatable bonds is 4. The summed E-state index contributed by atoms with van der Waals surface area (Å²) in [5, 5.41) is 3.05. The van der Waals surface area contributed by atoms with E-state index in [2.05, 4.69) is 18.5 Å². The summed E-state index contributed by atoms with van der Waals surface area (Å²) in [6.07, 6.45) is 3.65. The van der Waals surface area contributed by atoms with Crippen molar-refractivity contribution in [2.45, 2.75) is 0 Å². The maximum absolute atomic E-state index is 3.54. The molecule has 1 N–H and O–H groups in total. The van der Waals surface area contributed by atoms with E-state index in [4.69, 9.17) is 0 Å². The topological polar surface area (TPSA) is 12.0 Å². The molecule has 0 aromatic rings. The van der Waals surface area contributed by atoms with E-state index in [-0.39, 0.29) is 35.5 Å². The van der Waals surface area contributed by atoms with E-state index in [0.717, 1.165) is 13.1 Å². The molecule has 0 saturated carbocycles. The summed E-state index contributed by atoms with van der Waals surface area (Å²) in [4.78, 5) is 0. The minimum atomic E-state index is 0. The van der Waals surface area contributed by atoms with Crippen LogP contribution in [0.25, 0.3) is 0 Å². The van der Waals surface area contributed by atoms with Crippen LogP contribution in [0.15, 0.2) is 25.3 Å². The van der Waals surface area contributed by atoms with Crippen molar-refractivity contribution in [2.75, 3.05) is 13.1 Å². The third kappa shape index (κ3) is 17.7. The average molecular weight is 157 g/mol. The fourth-order valence-corrected chi connectivity index (χ4v) is 0.287. The van der Waals surface area contributed by atoms with Gasteiger partial charge in [-0.2, -0.15) is 0 Å². The molecular weight excluding hydrogens is 146 g/mol. The van der Waals surface area contributed by atoms with E-state index in [1.54, 1.807) is 0 Å². The van der Waals surface area contributed by atoms with Crippen molar-refractivity contribution in [3.63, 3.8) is 0 Å². The molecule has 0 aliphatic heterocycles. The third-order valence-electron chi connectivity index (χ3n) is 0.577. The molecule has 0 radical (unpaired) electrons. The molecular formula is C6H11ClMgN+. The molecule has 1 nitrogen and oxygen atoms in total. The van der Waals surface area contributed by atoms with Crippen molar-refractivity contribution in [1.29, 1.82) is 0 Å². The first kappa shape index (κ1) is 16.2. The Balaban J connectivity index is -0.000000180. The Morgan fingerprint density at radius 2 is 1.44 bits per heavy atom. The largest absolute Gasteiger partial charge is 2.00 e. The first-order valence-corrected chi connectivity index (χ1v) is 2.34. The van der Waals surface area contributed by atoms with E-state index < -0.39 is 0 Å². The second-order valence-electron chi connectivity index (χ2n) is 1.24. The standard InChI is InChI=1S/C6H11N.ClH.Mg/c1-3-5-7-6-4-2;;/h3-4,7H,1-2,5-6H2;1H;/q;;+2/p-1. The van der Waals surface area contributed by atoms with E-state index in [9.17, 15) is 0 Å². The predicted molar refractivity (Wildman–Crippen MR) is 39.0 cm³/mol. The fourth-order valence-electron chi connectivity index (χ4n) is 0.287. The van der Waals surface area contributed by atoms with E-state index in [1.165, 1.54) is 0 Å². The quantitative estimate of drug-likeness (QED) is 0.272. The fraction of sp³-hybridized carbons (Fsp3) is 0.333. The molecule has 0 saturated heterocycles. The molecule has 0 aliphatic rings. The Morgan fingerprint density at radius 1 is 1.11 bits per heavy atom. The van der Waals surface area contributed by atoms with Crippen LogP contribution in [0.5, 0.6) is 0 Å². The molecule has 0 aromatic heterocycles. The number of hydrogen-bond donors (Lipinski definition) is 1. The molecule has 0 heterocycles. The molecule has 9 heavy (non-hydrogen) atoms. The molecule has 0 spiro atoms. The molecule has 0 aliphatic carbocycles. The Hall–Kier alpha value is 0.496. The Morgan fingerprint density at radius 3 is 1.67 bits per heavy atom. The van der Waals surface area contributed by atoms with Gasteiger partial charge in [0.15, 0.2) is 0 Å². The minimum Gasteiger partial charge on any atom is -1.00 e. The smallest absolute Gasteiger partial charge is 1.00 e. The van der Waals surface area contributed by atoms with Crippen molar-refractivity contribution >= 4 is 23.1 Å². The molecule has 0 atom stereocenters. The van der Waals surface area contributed by atoms with Crippen molar-refractivity contribution in [3.05, 3.63) is 25.3 Å². The van der Waals surface area contributed by atoms with Crippen molar-refractivity contribution in [2.24, 2.45) is 0 Å². The molecule has 48 valence electrons. The van der Waals surface area contributed by atoms with Gasteiger partial charge in [0.2, 0.25) is 0 Å². The SMILES string of the molecule is C=CCNCC=C.[Cl-].[Mg+2]. The summed E-state index contributed by atoms with van der Waals surface area (Å²) in [7, 11) is 0. The zero-order valence-corrected chi connectivity index (χ0v) is 7.74. The van der Waals surface area contributed by atoms with Gasteiger partial charge in [-0.3, -0.25) is 0 Å². The van der Waals surface area contributed by atoms with Gasteiger partial charge in [0.25, 0.3) is 0 Å². The first-order chi connectivity index (χ1) is 3.41. The van der Waals surface area contributed by atoms with Crippen LogP contribution in [0.3, 0.4) is 0 Å². The van der Waals surface area contributed by atoms with Gasteiger partial charge in [0.1, 0.15) is 0 Å². The van der Waals surface area contributed by atoms with Gasteiger partial charge >= 0.3 is 23.1 Å². The second-order valence-corrected chi connectivity index (χ2v) is 1.24. The van der Waals surface area contributed by atoms with Gasteiger partial charge in [-0.1, -0.05) is 12.2 Å². The molecule has 0 aromatic carbocycles. The van der Waals surface area contributed by atoms with Crippen LogP contribution in [0, 0.1) is 0 Å². The first-order valence-electron chi connectivity index (χ1n) is 2.34. The van der Waals surface area contributed by atoms with Crippen LogP contribution >= 0.6 is 0 Å². The summed E-state index contributed by atoms with van der Waals surface area (Å²) >= 11 is 0. The van der Waals surface area contributed by atoms with E-state index >= 15 is 0 Å². The molecule has 0 bridgehead atoms. The molecule has 3 heteroatoms. The van der Waals surface area contributed by atoms with Gasteiger partial charge in [-0.15, -0.1) is 13.2 Å². The van der Waals surface area contributed by atoms with Crippen molar-refractivity contribution in [3.8, 4) is 0 Å². The summed E-state index contributed by atoms with van der Waals surface area (Å²) in [5.41, 5.74) is 0. The predicted octanol–water partition coefficient (Wildman–Crippen LogP) is -2.43.